The highest BCUT2D eigenvalue weighted by Crippen LogP contribution is 2.44. The van der Waals surface area contributed by atoms with Gasteiger partial charge >= 0.3 is 0 Å². The Morgan fingerprint density at radius 3 is 2.46 bits per heavy atom. The summed E-state index contributed by atoms with van der Waals surface area (Å²) in [7, 11) is 0. The molecule has 1 aliphatic carbocycles. The number of ether oxygens (including phenoxy) is 1. The van der Waals surface area contributed by atoms with Crippen LogP contribution in [0.15, 0.2) is 30.6 Å². The quantitative estimate of drug-likeness (QED) is 0.739. The Bertz CT molecular complexity index is 814. The molecule has 1 aromatic carbocycles. The molecule has 1 unspecified atom stereocenters. The Labute approximate surface area is 166 Å². The molecule has 2 heterocycles. The van der Waals surface area contributed by atoms with E-state index in [1.165, 1.54) is 37.6 Å². The molecule has 2 aromatic rings. The number of nitrogens with zero attached hydrogens (tertiary/aromatic N) is 2. The first kappa shape index (κ1) is 19.0. The second-order valence-corrected chi connectivity index (χ2v) is 8.62. The number of nitrogens with one attached hydrogen (secondary N) is 1. The van der Waals surface area contributed by atoms with Crippen LogP contribution in [0.4, 0.5) is 11.5 Å². The molecule has 0 radical (unpaired) electrons. The lowest BCUT2D eigenvalue weighted by molar-refractivity contribution is 0.0722. The first-order valence-corrected chi connectivity index (χ1v) is 10.2. The molecule has 1 aliphatic heterocycles. The predicted octanol–water partition coefficient (Wildman–Crippen LogP) is 4.04. The number of hydrogen-bond acceptors (Lipinski definition) is 6. The van der Waals surface area contributed by atoms with Crippen LogP contribution in [0, 0.1) is 5.92 Å². The van der Waals surface area contributed by atoms with Gasteiger partial charge in [-0.2, -0.15) is 4.98 Å². The smallest absolute Gasteiger partial charge is 0.243 e. The molecule has 4 N–H and O–H groups in total. The zero-order valence-electron chi connectivity index (χ0n) is 16.7. The summed E-state index contributed by atoms with van der Waals surface area (Å²) in [6.45, 7) is 4.43. The monoisotopic (exact) mass is 382 g/mol. The van der Waals surface area contributed by atoms with Crippen molar-refractivity contribution in [2.24, 2.45) is 5.92 Å². The maximum absolute atomic E-state index is 9.14. The van der Waals surface area contributed by atoms with Crippen molar-refractivity contribution in [1.82, 2.24) is 9.97 Å². The van der Waals surface area contributed by atoms with Crippen molar-refractivity contribution in [3.8, 4) is 5.88 Å². The number of aromatic nitrogens is 2. The van der Waals surface area contributed by atoms with Crippen molar-refractivity contribution < 1.29 is 9.84 Å². The SMILES string of the molecule is CC1(C)Oc2ncnc(N)c2NC1c1ccc(C2CCC(CCO)CC2)cc1. The van der Waals surface area contributed by atoms with E-state index in [0.29, 0.717) is 35.8 Å². The van der Waals surface area contributed by atoms with E-state index >= 15 is 0 Å². The third kappa shape index (κ3) is 3.65. The van der Waals surface area contributed by atoms with Crippen molar-refractivity contribution in [2.75, 3.05) is 17.7 Å². The highest BCUT2D eigenvalue weighted by molar-refractivity contribution is 5.69. The van der Waals surface area contributed by atoms with Crippen LogP contribution in [0.3, 0.4) is 0 Å². The van der Waals surface area contributed by atoms with Crippen molar-refractivity contribution in [2.45, 2.75) is 63.5 Å². The van der Waals surface area contributed by atoms with E-state index in [0.717, 1.165) is 12.0 Å². The van der Waals surface area contributed by atoms with Crippen molar-refractivity contribution in [3.63, 3.8) is 0 Å². The third-order valence-corrected chi connectivity index (χ3v) is 6.31. The standard InChI is InChI=1S/C22H30N4O2/c1-22(2)19(26-18-20(23)24-13-25-21(18)28-22)17-9-7-16(8-10-17)15-5-3-14(4-6-15)11-12-27/h7-10,13-15,19,26-27H,3-6,11-12H2,1-2H3,(H2,23,24,25). The predicted molar refractivity (Wildman–Crippen MR) is 110 cm³/mol. The summed E-state index contributed by atoms with van der Waals surface area (Å²) in [6.07, 6.45) is 7.23. The fraction of sp³-hybridized carbons (Fsp3) is 0.545. The highest BCUT2D eigenvalue weighted by Gasteiger charge is 2.39. The Kier molecular flexibility index (Phi) is 5.15. The molecule has 1 aromatic heterocycles. The Morgan fingerprint density at radius 1 is 1.11 bits per heavy atom. The van der Waals surface area contributed by atoms with Crippen LogP contribution in [0.25, 0.3) is 0 Å². The summed E-state index contributed by atoms with van der Waals surface area (Å²) >= 11 is 0. The number of hydrogen-bond donors (Lipinski definition) is 3. The Hall–Kier alpha value is -2.34. The van der Waals surface area contributed by atoms with E-state index < -0.39 is 5.60 Å². The van der Waals surface area contributed by atoms with Gasteiger partial charge in [-0.1, -0.05) is 24.3 Å². The molecule has 2 aliphatic rings. The van der Waals surface area contributed by atoms with Gasteiger partial charge in [-0.25, -0.2) is 4.98 Å². The third-order valence-electron chi connectivity index (χ3n) is 6.31. The average Bonchev–Trinajstić information content (AvgIpc) is 2.68. The second-order valence-electron chi connectivity index (χ2n) is 8.62. The van der Waals surface area contributed by atoms with Crippen LogP contribution in [0.2, 0.25) is 0 Å². The van der Waals surface area contributed by atoms with Gasteiger partial charge in [0, 0.05) is 6.61 Å². The molecule has 1 atom stereocenters. The molecular weight excluding hydrogens is 352 g/mol. The molecule has 0 spiro atoms. The average molecular weight is 383 g/mol. The van der Waals surface area contributed by atoms with Gasteiger partial charge in [0.25, 0.3) is 0 Å². The van der Waals surface area contributed by atoms with Crippen molar-refractivity contribution in [3.05, 3.63) is 41.7 Å². The molecule has 6 heteroatoms. The molecule has 1 fully saturated rings. The fourth-order valence-corrected chi connectivity index (χ4v) is 4.63. The van der Waals surface area contributed by atoms with Gasteiger partial charge < -0.3 is 20.9 Å². The number of nitrogens with two attached hydrogens (primary N) is 1. The molecule has 4 rings (SSSR count). The number of anilines is 2. The van der Waals surface area contributed by atoms with E-state index in [4.69, 9.17) is 15.6 Å². The number of rotatable bonds is 4. The minimum atomic E-state index is -0.461. The molecular formula is C22H30N4O2. The summed E-state index contributed by atoms with van der Waals surface area (Å²) in [5.74, 6) is 2.22. The van der Waals surface area contributed by atoms with Gasteiger partial charge in [0.05, 0.1) is 6.04 Å². The van der Waals surface area contributed by atoms with Gasteiger partial charge in [0.2, 0.25) is 5.88 Å². The van der Waals surface area contributed by atoms with Crippen molar-refractivity contribution >= 4 is 11.5 Å². The lowest BCUT2D eigenvalue weighted by Gasteiger charge is -2.40. The molecule has 6 nitrogen and oxygen atoms in total. The largest absolute Gasteiger partial charge is 0.467 e. The lowest BCUT2D eigenvalue weighted by Crippen LogP contribution is -2.44. The summed E-state index contributed by atoms with van der Waals surface area (Å²) in [5.41, 5.74) is 8.79. The maximum Gasteiger partial charge on any atom is 0.243 e. The molecule has 0 amide bonds. The van der Waals surface area contributed by atoms with Crippen LogP contribution in [-0.4, -0.2) is 27.3 Å². The second kappa shape index (κ2) is 7.59. The summed E-state index contributed by atoms with van der Waals surface area (Å²) in [4.78, 5) is 8.28. The molecule has 0 saturated heterocycles. The summed E-state index contributed by atoms with van der Waals surface area (Å²) in [5, 5.41) is 12.6. The van der Waals surface area contributed by atoms with Crippen molar-refractivity contribution in [1.29, 1.82) is 0 Å². The van der Waals surface area contributed by atoms with Gasteiger partial charge in [-0.15, -0.1) is 0 Å². The zero-order valence-corrected chi connectivity index (χ0v) is 16.7. The zero-order chi connectivity index (χ0) is 19.7. The molecule has 0 bridgehead atoms. The van der Waals surface area contributed by atoms with Crippen LogP contribution < -0.4 is 15.8 Å². The Balaban J connectivity index is 1.50. The van der Waals surface area contributed by atoms with E-state index in [-0.39, 0.29) is 6.04 Å². The first-order chi connectivity index (χ1) is 13.5. The maximum atomic E-state index is 9.14. The van der Waals surface area contributed by atoms with Gasteiger partial charge in [-0.3, -0.25) is 0 Å². The number of aliphatic hydroxyl groups excluding tert-OH is 1. The molecule has 28 heavy (non-hydrogen) atoms. The highest BCUT2D eigenvalue weighted by atomic mass is 16.5. The number of fused-ring (bicyclic) bond motifs is 1. The van der Waals surface area contributed by atoms with E-state index in [1.807, 2.05) is 0 Å². The van der Waals surface area contributed by atoms with Crippen LogP contribution >= 0.6 is 0 Å². The van der Waals surface area contributed by atoms with Crippen LogP contribution in [-0.2, 0) is 0 Å². The topological polar surface area (TPSA) is 93.3 Å². The van der Waals surface area contributed by atoms with Gasteiger partial charge in [0.15, 0.2) is 5.82 Å². The summed E-state index contributed by atoms with van der Waals surface area (Å²) < 4.78 is 6.13. The normalized spacial score (nSPS) is 26.0. The number of aliphatic hydroxyl groups is 1. The number of benzene rings is 1. The first-order valence-electron chi connectivity index (χ1n) is 10.2. The van der Waals surface area contributed by atoms with E-state index in [9.17, 15) is 0 Å². The minimum Gasteiger partial charge on any atom is -0.467 e. The van der Waals surface area contributed by atoms with Gasteiger partial charge in [-0.05, 0) is 68.9 Å². The molecule has 1 saturated carbocycles. The molecule has 150 valence electrons. The summed E-state index contributed by atoms with van der Waals surface area (Å²) in [6, 6.07) is 8.86. The van der Waals surface area contributed by atoms with Gasteiger partial charge in [0.1, 0.15) is 17.6 Å². The van der Waals surface area contributed by atoms with E-state index in [2.05, 4.69) is 53.4 Å². The lowest BCUT2D eigenvalue weighted by atomic mass is 9.77. The van der Waals surface area contributed by atoms with Crippen LogP contribution in [0.5, 0.6) is 5.88 Å². The van der Waals surface area contributed by atoms with Crippen LogP contribution in [0.1, 0.15) is 69.0 Å². The Morgan fingerprint density at radius 2 is 1.79 bits per heavy atom. The fourth-order valence-electron chi connectivity index (χ4n) is 4.63. The number of nitrogen functional groups attached to an aromatic ring is 1. The minimum absolute atomic E-state index is 0.0392. The van der Waals surface area contributed by atoms with E-state index in [1.54, 1.807) is 0 Å².